The summed E-state index contributed by atoms with van der Waals surface area (Å²) in [6.45, 7) is 2.62. The molecule has 1 aromatic heterocycles. The average Bonchev–Trinajstić information content (AvgIpc) is 2.79. The Balaban J connectivity index is 1.86. The molecule has 0 radical (unpaired) electrons. The summed E-state index contributed by atoms with van der Waals surface area (Å²) < 4.78 is 39.5. The molecule has 2 atom stereocenters. The smallest absolute Gasteiger partial charge is 0.366 e. The highest BCUT2D eigenvalue weighted by molar-refractivity contribution is 5.28. The topological polar surface area (TPSA) is 56.7 Å². The Morgan fingerprint density at radius 1 is 1.24 bits per heavy atom. The quantitative estimate of drug-likeness (QED) is 0.879. The molecule has 21 heavy (non-hydrogen) atoms. The Morgan fingerprint density at radius 2 is 1.90 bits per heavy atom. The van der Waals surface area contributed by atoms with Crippen LogP contribution in [0.15, 0.2) is 24.3 Å². The minimum atomic E-state index is -4.30. The number of hydrogen-bond acceptors (Lipinski definition) is 3. The zero-order valence-electron chi connectivity index (χ0n) is 11.4. The summed E-state index contributed by atoms with van der Waals surface area (Å²) in [4.78, 5) is 4.19. The summed E-state index contributed by atoms with van der Waals surface area (Å²) >= 11 is 0. The van der Waals surface area contributed by atoms with Crippen molar-refractivity contribution in [3.05, 3.63) is 41.2 Å². The maximum Gasteiger partial charge on any atom is 0.416 e. The van der Waals surface area contributed by atoms with Crippen LogP contribution < -0.4 is 5.73 Å². The second-order valence-corrected chi connectivity index (χ2v) is 5.46. The van der Waals surface area contributed by atoms with Crippen LogP contribution in [0.2, 0.25) is 0 Å². The fourth-order valence-corrected chi connectivity index (χ4v) is 2.87. The van der Waals surface area contributed by atoms with Gasteiger partial charge in [-0.2, -0.15) is 18.2 Å². The fourth-order valence-electron chi connectivity index (χ4n) is 2.87. The molecule has 0 saturated heterocycles. The second kappa shape index (κ2) is 4.75. The Kier molecular flexibility index (Phi) is 3.15. The van der Waals surface area contributed by atoms with Gasteiger partial charge in [-0.05, 0) is 24.1 Å². The molecule has 2 N–H and O–H groups in total. The van der Waals surface area contributed by atoms with E-state index in [-0.39, 0.29) is 17.8 Å². The van der Waals surface area contributed by atoms with Crippen LogP contribution in [0.1, 0.15) is 42.1 Å². The molecule has 2 aromatic rings. The van der Waals surface area contributed by atoms with Gasteiger partial charge in [0.25, 0.3) is 0 Å². The van der Waals surface area contributed by atoms with Gasteiger partial charge >= 0.3 is 6.18 Å². The van der Waals surface area contributed by atoms with Crippen molar-refractivity contribution in [3.8, 4) is 0 Å². The van der Waals surface area contributed by atoms with Crippen LogP contribution in [0.4, 0.5) is 19.1 Å². The van der Waals surface area contributed by atoms with Crippen LogP contribution in [0.25, 0.3) is 0 Å². The number of alkyl halides is 3. The van der Waals surface area contributed by atoms with E-state index in [2.05, 4.69) is 10.1 Å². The molecule has 1 aliphatic rings. The molecule has 0 aliphatic carbocycles. The summed E-state index contributed by atoms with van der Waals surface area (Å²) in [5, 5.41) is 4.14. The first-order valence-electron chi connectivity index (χ1n) is 6.72. The van der Waals surface area contributed by atoms with Gasteiger partial charge in [0.1, 0.15) is 5.82 Å². The first kappa shape index (κ1) is 13.9. The Labute approximate surface area is 119 Å². The van der Waals surface area contributed by atoms with Crippen molar-refractivity contribution in [2.24, 2.45) is 0 Å². The van der Waals surface area contributed by atoms with Crippen molar-refractivity contribution in [1.82, 2.24) is 14.8 Å². The Bertz CT molecular complexity index is 645. The molecule has 0 saturated carbocycles. The standard InChI is InChI=1S/C14H15F3N4/c1-8-6-10(7-21-12(8)19-13(18)20-21)9-2-4-11(5-3-9)14(15,16)17/h2-5,8,10H,6-7H2,1H3,(H2,18,20). The van der Waals surface area contributed by atoms with E-state index in [0.717, 1.165) is 29.9 Å². The lowest BCUT2D eigenvalue weighted by atomic mass is 9.86. The Morgan fingerprint density at radius 3 is 2.52 bits per heavy atom. The second-order valence-electron chi connectivity index (χ2n) is 5.46. The highest BCUT2D eigenvalue weighted by atomic mass is 19.4. The number of nitrogens with two attached hydrogens (primary N) is 1. The molecule has 1 aromatic carbocycles. The number of rotatable bonds is 1. The number of nitrogen functional groups attached to an aromatic ring is 1. The van der Waals surface area contributed by atoms with Crippen LogP contribution in [0.5, 0.6) is 0 Å². The largest absolute Gasteiger partial charge is 0.416 e. The van der Waals surface area contributed by atoms with Gasteiger partial charge in [0.15, 0.2) is 0 Å². The highest BCUT2D eigenvalue weighted by Gasteiger charge is 2.31. The maximum atomic E-state index is 12.6. The fraction of sp³-hybridized carbons (Fsp3) is 0.429. The van der Waals surface area contributed by atoms with Crippen molar-refractivity contribution >= 4 is 5.95 Å². The number of aromatic nitrogens is 3. The third kappa shape index (κ3) is 2.59. The molecule has 0 fully saturated rings. The van der Waals surface area contributed by atoms with E-state index in [1.165, 1.54) is 0 Å². The van der Waals surface area contributed by atoms with Gasteiger partial charge in [-0.1, -0.05) is 19.1 Å². The third-order valence-electron chi connectivity index (χ3n) is 3.90. The monoisotopic (exact) mass is 296 g/mol. The van der Waals surface area contributed by atoms with E-state index in [9.17, 15) is 13.2 Å². The van der Waals surface area contributed by atoms with Crippen LogP contribution in [0, 0.1) is 0 Å². The Hall–Kier alpha value is -2.05. The van der Waals surface area contributed by atoms with Crippen molar-refractivity contribution in [3.63, 3.8) is 0 Å². The molecule has 0 bridgehead atoms. The average molecular weight is 296 g/mol. The maximum absolute atomic E-state index is 12.6. The van der Waals surface area contributed by atoms with Gasteiger partial charge in [-0.15, -0.1) is 5.10 Å². The molecule has 7 heteroatoms. The zero-order valence-corrected chi connectivity index (χ0v) is 11.4. The summed E-state index contributed by atoms with van der Waals surface area (Å²) in [6.07, 6.45) is -3.48. The minimum Gasteiger partial charge on any atom is -0.366 e. The van der Waals surface area contributed by atoms with Gasteiger partial charge in [-0.25, -0.2) is 4.68 Å². The van der Waals surface area contributed by atoms with E-state index < -0.39 is 11.7 Å². The first-order chi connectivity index (χ1) is 9.84. The van der Waals surface area contributed by atoms with Gasteiger partial charge in [0.05, 0.1) is 5.56 Å². The van der Waals surface area contributed by atoms with Gasteiger partial charge in [0, 0.05) is 18.4 Å². The van der Waals surface area contributed by atoms with E-state index in [0.29, 0.717) is 6.54 Å². The summed E-state index contributed by atoms with van der Waals surface area (Å²) in [6, 6.07) is 5.35. The van der Waals surface area contributed by atoms with E-state index >= 15 is 0 Å². The summed E-state index contributed by atoms with van der Waals surface area (Å²) in [5.74, 6) is 1.38. The lowest BCUT2D eigenvalue weighted by Crippen LogP contribution is -2.22. The van der Waals surface area contributed by atoms with Crippen molar-refractivity contribution in [1.29, 1.82) is 0 Å². The molecular formula is C14H15F3N4. The number of halogens is 3. The van der Waals surface area contributed by atoms with Crippen molar-refractivity contribution in [2.75, 3.05) is 5.73 Å². The number of anilines is 1. The van der Waals surface area contributed by atoms with E-state index in [1.807, 2.05) is 6.92 Å². The molecule has 2 unspecified atom stereocenters. The first-order valence-corrected chi connectivity index (χ1v) is 6.72. The molecule has 112 valence electrons. The van der Waals surface area contributed by atoms with Gasteiger partial charge in [0.2, 0.25) is 5.95 Å². The van der Waals surface area contributed by atoms with Crippen LogP contribution >= 0.6 is 0 Å². The lowest BCUT2D eigenvalue weighted by molar-refractivity contribution is -0.137. The number of fused-ring (bicyclic) bond motifs is 1. The lowest BCUT2D eigenvalue weighted by Gasteiger charge is -2.27. The normalized spacial score (nSPS) is 22.1. The van der Waals surface area contributed by atoms with Crippen molar-refractivity contribution in [2.45, 2.75) is 37.9 Å². The number of hydrogen-bond donors (Lipinski definition) is 1. The van der Waals surface area contributed by atoms with E-state index in [1.54, 1.807) is 16.8 Å². The van der Waals surface area contributed by atoms with Crippen LogP contribution in [-0.2, 0) is 12.7 Å². The molecule has 0 amide bonds. The van der Waals surface area contributed by atoms with E-state index in [4.69, 9.17) is 5.73 Å². The predicted octanol–water partition coefficient (Wildman–Crippen LogP) is 3.17. The van der Waals surface area contributed by atoms with Gasteiger partial charge < -0.3 is 5.73 Å². The molecule has 0 spiro atoms. The molecule has 3 rings (SSSR count). The summed E-state index contributed by atoms with van der Waals surface area (Å²) in [7, 11) is 0. The third-order valence-corrected chi connectivity index (χ3v) is 3.90. The number of nitrogens with zero attached hydrogens (tertiary/aromatic N) is 3. The molecule has 4 nitrogen and oxygen atoms in total. The van der Waals surface area contributed by atoms with Crippen LogP contribution in [0.3, 0.4) is 0 Å². The molecule has 1 aliphatic heterocycles. The van der Waals surface area contributed by atoms with Crippen molar-refractivity contribution < 1.29 is 13.2 Å². The zero-order chi connectivity index (χ0) is 15.2. The minimum absolute atomic E-state index is 0.121. The SMILES string of the molecule is CC1CC(c2ccc(C(F)(F)F)cc2)Cn2nc(N)nc21. The molecule has 2 heterocycles. The van der Waals surface area contributed by atoms with Gasteiger partial charge in [-0.3, -0.25) is 0 Å². The van der Waals surface area contributed by atoms with Crippen LogP contribution in [-0.4, -0.2) is 14.8 Å². The summed E-state index contributed by atoms with van der Waals surface area (Å²) in [5.41, 5.74) is 5.86. The predicted molar refractivity (Wildman–Crippen MR) is 71.7 cm³/mol. The highest BCUT2D eigenvalue weighted by Crippen LogP contribution is 2.36. The molecular weight excluding hydrogens is 281 g/mol. The number of benzene rings is 1.